The zero-order valence-electron chi connectivity index (χ0n) is 15.6. The average Bonchev–Trinajstić information content (AvgIpc) is 3.19. The molecule has 1 fully saturated rings. The van der Waals surface area contributed by atoms with Gasteiger partial charge < -0.3 is 19.5 Å². The fraction of sp³-hybridized carbons (Fsp3) is 0.273. The van der Waals surface area contributed by atoms with Gasteiger partial charge in [-0.2, -0.15) is 0 Å². The van der Waals surface area contributed by atoms with Gasteiger partial charge in [0.1, 0.15) is 18.5 Å². The molecule has 1 aromatic heterocycles. The lowest BCUT2D eigenvalue weighted by Crippen LogP contribution is -2.28. The highest BCUT2D eigenvalue weighted by Crippen LogP contribution is 2.23. The van der Waals surface area contributed by atoms with Gasteiger partial charge in [-0.1, -0.05) is 30.3 Å². The van der Waals surface area contributed by atoms with E-state index in [0.29, 0.717) is 18.1 Å². The van der Waals surface area contributed by atoms with Gasteiger partial charge in [0.15, 0.2) is 0 Å². The van der Waals surface area contributed by atoms with Gasteiger partial charge in [0.05, 0.1) is 12.7 Å². The molecule has 0 amide bonds. The Balaban J connectivity index is 1.28. The van der Waals surface area contributed by atoms with Crippen LogP contribution < -0.4 is 14.8 Å². The molecule has 0 saturated carbocycles. The maximum absolute atomic E-state index is 11.4. The fourth-order valence-electron chi connectivity index (χ4n) is 3.32. The Hall–Kier alpha value is -3.12. The summed E-state index contributed by atoms with van der Waals surface area (Å²) in [6.45, 7) is 1.26. The Morgan fingerprint density at radius 3 is 2.79 bits per heavy atom. The number of nitrogens with zero attached hydrogens (tertiary/aromatic N) is 1. The minimum atomic E-state index is -0.412. The summed E-state index contributed by atoms with van der Waals surface area (Å²) in [4.78, 5) is 15.6. The minimum Gasteiger partial charge on any atom is -0.489 e. The van der Waals surface area contributed by atoms with Crippen LogP contribution in [0.15, 0.2) is 60.8 Å². The highest BCUT2D eigenvalue weighted by atomic mass is 16.5. The second-order valence-corrected chi connectivity index (χ2v) is 6.78. The molecule has 0 aliphatic carbocycles. The first-order chi connectivity index (χ1) is 13.7. The Labute approximate surface area is 163 Å². The number of carbonyl (C=O) groups is 1. The predicted octanol–water partition coefficient (Wildman–Crippen LogP) is 3.21. The highest BCUT2D eigenvalue weighted by Gasteiger charge is 2.26. The Kier molecular flexibility index (Phi) is 5.39. The molecule has 3 aromatic rings. The number of fused-ring (bicyclic) bond motifs is 1. The van der Waals surface area contributed by atoms with E-state index in [1.807, 2.05) is 18.2 Å². The number of rotatable bonds is 6. The van der Waals surface area contributed by atoms with Gasteiger partial charge in [0, 0.05) is 31.3 Å². The number of methoxy groups -OCH3 is 1. The first kappa shape index (κ1) is 18.3. The smallest absolute Gasteiger partial charge is 0.339 e. The largest absolute Gasteiger partial charge is 0.489 e. The van der Waals surface area contributed by atoms with Crippen molar-refractivity contribution in [3.05, 3.63) is 66.4 Å². The van der Waals surface area contributed by atoms with Crippen LogP contribution in [0.3, 0.4) is 0 Å². The quantitative estimate of drug-likeness (QED) is 0.664. The lowest BCUT2D eigenvalue weighted by molar-refractivity contribution is 0.0600. The molecule has 0 radical (unpaired) electrons. The van der Waals surface area contributed by atoms with Crippen molar-refractivity contribution in [1.82, 2.24) is 10.3 Å². The molecule has 2 atom stereocenters. The molecular formula is C22H22N2O4. The monoisotopic (exact) mass is 378 g/mol. The third-order valence-electron chi connectivity index (χ3n) is 4.80. The minimum absolute atomic E-state index is 0.101. The van der Waals surface area contributed by atoms with Crippen LogP contribution in [0.1, 0.15) is 16.8 Å². The molecule has 0 bridgehead atoms. The first-order valence-electron chi connectivity index (χ1n) is 9.27. The molecule has 1 N–H and O–H groups in total. The van der Waals surface area contributed by atoms with Gasteiger partial charge in [-0.3, -0.25) is 0 Å². The number of aromatic nitrogens is 1. The zero-order valence-corrected chi connectivity index (χ0v) is 15.6. The number of pyridine rings is 1. The fourth-order valence-corrected chi connectivity index (χ4v) is 3.32. The van der Waals surface area contributed by atoms with Gasteiger partial charge in [-0.25, -0.2) is 9.78 Å². The molecule has 0 unspecified atom stereocenters. The summed E-state index contributed by atoms with van der Waals surface area (Å²) in [5.41, 5.74) is 0.401. The Morgan fingerprint density at radius 1 is 1.14 bits per heavy atom. The molecule has 2 aromatic carbocycles. The Bertz CT molecular complexity index is 958. The van der Waals surface area contributed by atoms with E-state index in [1.54, 1.807) is 12.1 Å². The lowest BCUT2D eigenvalue weighted by atomic mass is 10.1. The van der Waals surface area contributed by atoms with E-state index in [-0.39, 0.29) is 12.1 Å². The SMILES string of the molecule is COC(=O)c1ccc(OC[C@@H]2C[C@H](Oc3ccc4ccccc4c3)CN2)nc1. The molecule has 1 aliphatic heterocycles. The molecule has 2 heterocycles. The molecule has 28 heavy (non-hydrogen) atoms. The van der Waals surface area contributed by atoms with Crippen LogP contribution in [0.5, 0.6) is 11.6 Å². The summed E-state index contributed by atoms with van der Waals surface area (Å²) in [6.07, 6.45) is 2.41. The highest BCUT2D eigenvalue weighted by molar-refractivity contribution is 5.88. The summed E-state index contributed by atoms with van der Waals surface area (Å²) in [5, 5.41) is 5.80. The van der Waals surface area contributed by atoms with E-state index in [4.69, 9.17) is 9.47 Å². The van der Waals surface area contributed by atoms with E-state index in [1.165, 1.54) is 24.1 Å². The summed E-state index contributed by atoms with van der Waals surface area (Å²) in [7, 11) is 1.34. The number of ether oxygens (including phenoxy) is 3. The predicted molar refractivity (Wildman–Crippen MR) is 106 cm³/mol. The van der Waals surface area contributed by atoms with Crippen molar-refractivity contribution in [2.45, 2.75) is 18.6 Å². The van der Waals surface area contributed by atoms with Crippen LogP contribution in [-0.4, -0.2) is 43.4 Å². The molecule has 6 heteroatoms. The third-order valence-corrected chi connectivity index (χ3v) is 4.80. The summed E-state index contributed by atoms with van der Waals surface area (Å²) >= 11 is 0. The molecule has 0 spiro atoms. The normalized spacial score (nSPS) is 18.8. The maximum atomic E-state index is 11.4. The third kappa shape index (κ3) is 4.23. The van der Waals surface area contributed by atoms with Crippen LogP contribution in [0.4, 0.5) is 0 Å². The van der Waals surface area contributed by atoms with Gasteiger partial charge in [0.25, 0.3) is 0 Å². The maximum Gasteiger partial charge on any atom is 0.339 e. The summed E-state index contributed by atoms with van der Waals surface area (Å²) < 4.78 is 16.5. The lowest BCUT2D eigenvalue weighted by Gasteiger charge is -2.14. The molecule has 4 rings (SSSR count). The number of benzene rings is 2. The van der Waals surface area contributed by atoms with E-state index in [9.17, 15) is 4.79 Å². The molecule has 144 valence electrons. The average molecular weight is 378 g/mol. The number of hydrogen-bond donors (Lipinski definition) is 1. The zero-order chi connectivity index (χ0) is 19.3. The van der Waals surface area contributed by atoms with Crippen molar-refractivity contribution in [2.24, 2.45) is 0 Å². The van der Waals surface area contributed by atoms with Crippen molar-refractivity contribution in [1.29, 1.82) is 0 Å². The van der Waals surface area contributed by atoms with Crippen molar-refractivity contribution in [3.8, 4) is 11.6 Å². The van der Waals surface area contributed by atoms with Crippen molar-refractivity contribution in [2.75, 3.05) is 20.3 Å². The summed E-state index contributed by atoms with van der Waals surface area (Å²) in [6, 6.07) is 17.9. The van der Waals surface area contributed by atoms with E-state index < -0.39 is 5.97 Å². The number of esters is 1. The van der Waals surface area contributed by atoms with Crippen molar-refractivity contribution >= 4 is 16.7 Å². The van der Waals surface area contributed by atoms with Crippen LogP contribution in [0, 0.1) is 0 Å². The van der Waals surface area contributed by atoms with Gasteiger partial charge in [0.2, 0.25) is 5.88 Å². The number of carbonyl (C=O) groups excluding carboxylic acids is 1. The second kappa shape index (κ2) is 8.27. The van der Waals surface area contributed by atoms with Crippen LogP contribution in [-0.2, 0) is 4.74 Å². The first-order valence-corrected chi connectivity index (χ1v) is 9.27. The van der Waals surface area contributed by atoms with Crippen molar-refractivity contribution in [3.63, 3.8) is 0 Å². The van der Waals surface area contributed by atoms with Gasteiger partial charge >= 0.3 is 5.97 Å². The molecule has 1 aliphatic rings. The van der Waals surface area contributed by atoms with E-state index in [2.05, 4.69) is 39.3 Å². The molecular weight excluding hydrogens is 356 g/mol. The van der Waals surface area contributed by atoms with Crippen LogP contribution in [0.2, 0.25) is 0 Å². The topological polar surface area (TPSA) is 69.7 Å². The second-order valence-electron chi connectivity index (χ2n) is 6.78. The van der Waals surface area contributed by atoms with Crippen LogP contribution in [0.25, 0.3) is 10.8 Å². The summed E-state index contributed by atoms with van der Waals surface area (Å²) in [5.74, 6) is 0.950. The standard InChI is InChI=1S/C22H22N2O4/c1-26-22(25)17-7-9-21(24-12-17)27-14-18-11-20(13-23-18)28-19-8-6-15-4-2-3-5-16(15)10-19/h2-10,12,18,20,23H,11,13-14H2,1H3/t18-,20-/m0/s1. The molecule has 1 saturated heterocycles. The van der Waals surface area contributed by atoms with E-state index in [0.717, 1.165) is 18.7 Å². The Morgan fingerprint density at radius 2 is 2.00 bits per heavy atom. The van der Waals surface area contributed by atoms with Gasteiger partial charge in [-0.15, -0.1) is 0 Å². The van der Waals surface area contributed by atoms with Crippen LogP contribution >= 0.6 is 0 Å². The van der Waals surface area contributed by atoms with Gasteiger partial charge in [-0.05, 0) is 29.0 Å². The van der Waals surface area contributed by atoms with E-state index >= 15 is 0 Å². The number of nitrogens with one attached hydrogen (secondary N) is 1. The van der Waals surface area contributed by atoms with Crippen molar-refractivity contribution < 1.29 is 19.0 Å². The number of hydrogen-bond acceptors (Lipinski definition) is 6. The molecule has 6 nitrogen and oxygen atoms in total.